The second-order valence-electron chi connectivity index (χ2n) is 5.33. The summed E-state index contributed by atoms with van der Waals surface area (Å²) in [7, 11) is 1.59. The molecule has 0 aliphatic heterocycles. The fraction of sp³-hybridized carbons (Fsp3) is 0.158. The van der Waals surface area contributed by atoms with Gasteiger partial charge in [-0.3, -0.25) is 4.98 Å². The zero-order valence-corrected chi connectivity index (χ0v) is 13.7. The molecule has 2 heterocycles. The Labute approximate surface area is 144 Å². The molecule has 0 fully saturated rings. The summed E-state index contributed by atoms with van der Waals surface area (Å²) in [6.45, 7) is 1.57. The van der Waals surface area contributed by atoms with Crippen LogP contribution in [0.1, 0.15) is 17.7 Å². The van der Waals surface area contributed by atoms with Crippen molar-refractivity contribution in [2.24, 2.45) is 0 Å². The predicted molar refractivity (Wildman–Crippen MR) is 90.2 cm³/mol. The lowest BCUT2D eigenvalue weighted by atomic mass is 10.1. The summed E-state index contributed by atoms with van der Waals surface area (Å²) in [6, 6.07) is 12.7. The van der Waals surface area contributed by atoms with Crippen LogP contribution in [0.3, 0.4) is 0 Å². The van der Waals surface area contributed by atoms with Crippen molar-refractivity contribution in [1.82, 2.24) is 9.97 Å². The highest BCUT2D eigenvalue weighted by Crippen LogP contribution is 2.37. The average molecular weight is 342 g/mol. The van der Waals surface area contributed by atoms with E-state index in [1.807, 2.05) is 30.3 Å². The maximum atomic E-state index is 12.8. The minimum absolute atomic E-state index is 0.252. The van der Waals surface area contributed by atoms with Crippen molar-refractivity contribution in [1.29, 1.82) is 0 Å². The summed E-state index contributed by atoms with van der Waals surface area (Å²) in [5.41, 5.74) is 1.66. The van der Waals surface area contributed by atoms with E-state index < -0.39 is 6.43 Å². The largest absolute Gasteiger partial charge is 0.496 e. The number of ether oxygens (including phenoxy) is 2. The number of para-hydroxylation sites is 1. The third-order valence-electron chi connectivity index (χ3n) is 3.68. The molecule has 0 saturated carbocycles. The lowest BCUT2D eigenvalue weighted by molar-refractivity contribution is 0.145. The van der Waals surface area contributed by atoms with Gasteiger partial charge in [-0.1, -0.05) is 18.2 Å². The molecule has 0 amide bonds. The van der Waals surface area contributed by atoms with Crippen molar-refractivity contribution in [2.75, 3.05) is 7.11 Å². The van der Waals surface area contributed by atoms with Crippen LogP contribution in [-0.4, -0.2) is 17.1 Å². The molecule has 0 aliphatic carbocycles. The second kappa shape index (κ2) is 7.25. The normalized spacial score (nSPS) is 10.8. The fourth-order valence-electron chi connectivity index (χ4n) is 2.50. The molecule has 0 unspecified atom stereocenters. The first kappa shape index (κ1) is 16.8. The van der Waals surface area contributed by atoms with E-state index >= 15 is 0 Å². The maximum Gasteiger partial charge on any atom is 0.280 e. The Hall–Kier alpha value is -3.02. The number of methoxy groups -OCH3 is 1. The Balaban J connectivity index is 1.98. The van der Waals surface area contributed by atoms with Crippen LogP contribution in [0.2, 0.25) is 0 Å². The molecule has 3 aromatic rings. The van der Waals surface area contributed by atoms with Crippen molar-refractivity contribution in [3.63, 3.8) is 0 Å². The van der Waals surface area contributed by atoms with Gasteiger partial charge in [-0.25, -0.2) is 13.8 Å². The number of pyridine rings is 2. The molecule has 0 radical (unpaired) electrons. The summed E-state index contributed by atoms with van der Waals surface area (Å²) in [6.07, 6.45) is 0.255. The third kappa shape index (κ3) is 3.57. The van der Waals surface area contributed by atoms with Crippen molar-refractivity contribution >= 4 is 0 Å². The first-order chi connectivity index (χ1) is 12.1. The van der Waals surface area contributed by atoms with Crippen LogP contribution >= 0.6 is 0 Å². The topological polar surface area (TPSA) is 44.2 Å². The van der Waals surface area contributed by atoms with Crippen molar-refractivity contribution in [2.45, 2.75) is 13.3 Å². The lowest BCUT2D eigenvalue weighted by Crippen LogP contribution is -1.97. The van der Waals surface area contributed by atoms with Crippen LogP contribution in [0.4, 0.5) is 8.78 Å². The second-order valence-corrected chi connectivity index (χ2v) is 5.33. The predicted octanol–water partition coefficient (Wildman–Crippen LogP) is 5.19. The highest BCUT2D eigenvalue weighted by atomic mass is 19.3. The van der Waals surface area contributed by atoms with Gasteiger partial charge in [-0.2, -0.15) is 0 Å². The van der Waals surface area contributed by atoms with E-state index in [0.717, 1.165) is 11.1 Å². The molecule has 2 aromatic heterocycles. The molecule has 25 heavy (non-hydrogen) atoms. The molecular formula is C19H16F2N2O2. The van der Waals surface area contributed by atoms with Crippen molar-refractivity contribution in [3.8, 4) is 28.5 Å². The molecule has 0 saturated heterocycles. The molecule has 6 heteroatoms. The summed E-state index contributed by atoms with van der Waals surface area (Å²) in [4.78, 5) is 8.04. The van der Waals surface area contributed by atoms with Crippen LogP contribution in [0.5, 0.6) is 17.4 Å². The van der Waals surface area contributed by atoms with Crippen molar-refractivity contribution in [3.05, 3.63) is 66.1 Å². The monoisotopic (exact) mass is 342 g/mol. The highest BCUT2D eigenvalue weighted by Gasteiger charge is 2.15. The molecular weight excluding hydrogens is 326 g/mol. The first-order valence-corrected chi connectivity index (χ1v) is 7.61. The SMILES string of the molecule is COc1ccccc1-c1cccnc1Oc1cnc(C(F)F)c(C)c1. The fourth-order valence-corrected chi connectivity index (χ4v) is 2.50. The standard InChI is InChI=1S/C19H16F2N2O2/c1-12-10-13(11-23-17(12)18(20)21)25-19-15(7-5-9-22-19)14-6-3-4-8-16(14)24-2/h3-11,18H,1-2H3. The van der Waals surface area contributed by atoms with E-state index in [1.165, 1.54) is 12.3 Å². The van der Waals surface area contributed by atoms with Gasteiger partial charge in [-0.05, 0) is 36.8 Å². The van der Waals surface area contributed by atoms with Gasteiger partial charge in [-0.15, -0.1) is 0 Å². The molecule has 128 valence electrons. The van der Waals surface area contributed by atoms with Crippen LogP contribution < -0.4 is 9.47 Å². The summed E-state index contributed by atoms with van der Waals surface area (Å²) in [5, 5.41) is 0. The van der Waals surface area contributed by atoms with Gasteiger partial charge in [0.15, 0.2) is 0 Å². The van der Waals surface area contributed by atoms with E-state index in [0.29, 0.717) is 22.9 Å². The number of hydrogen-bond acceptors (Lipinski definition) is 4. The average Bonchev–Trinajstić information content (AvgIpc) is 2.62. The third-order valence-corrected chi connectivity index (χ3v) is 3.68. The van der Waals surface area contributed by atoms with Gasteiger partial charge in [0.25, 0.3) is 6.43 Å². The van der Waals surface area contributed by atoms with Gasteiger partial charge in [0.1, 0.15) is 17.2 Å². The number of hydrogen-bond donors (Lipinski definition) is 0. The minimum atomic E-state index is -2.62. The van der Waals surface area contributed by atoms with E-state index in [9.17, 15) is 8.78 Å². The van der Waals surface area contributed by atoms with E-state index in [-0.39, 0.29) is 5.69 Å². The molecule has 0 aliphatic rings. The number of benzene rings is 1. The Morgan fingerprint density at radius 1 is 1.00 bits per heavy atom. The number of nitrogens with zero attached hydrogens (tertiary/aromatic N) is 2. The molecule has 0 N–H and O–H groups in total. The molecule has 0 bridgehead atoms. The number of rotatable bonds is 5. The van der Waals surface area contributed by atoms with Crippen LogP contribution in [0, 0.1) is 6.92 Å². The van der Waals surface area contributed by atoms with Crippen LogP contribution in [0.15, 0.2) is 54.9 Å². The summed E-state index contributed by atoms with van der Waals surface area (Å²) >= 11 is 0. The van der Waals surface area contributed by atoms with Crippen molar-refractivity contribution < 1.29 is 18.3 Å². The Morgan fingerprint density at radius 3 is 2.48 bits per heavy atom. The zero-order chi connectivity index (χ0) is 17.8. The van der Waals surface area contributed by atoms with Gasteiger partial charge in [0.2, 0.25) is 5.88 Å². The van der Waals surface area contributed by atoms with Gasteiger partial charge >= 0.3 is 0 Å². The molecule has 0 spiro atoms. The quantitative estimate of drug-likeness (QED) is 0.640. The van der Waals surface area contributed by atoms with E-state index in [4.69, 9.17) is 9.47 Å². The molecule has 4 nitrogen and oxygen atoms in total. The van der Waals surface area contributed by atoms with Gasteiger partial charge in [0, 0.05) is 17.3 Å². The maximum absolute atomic E-state index is 12.8. The first-order valence-electron chi connectivity index (χ1n) is 7.61. The number of halogens is 2. The van der Waals surface area contributed by atoms with Crippen LogP contribution in [-0.2, 0) is 0 Å². The Morgan fingerprint density at radius 2 is 1.76 bits per heavy atom. The van der Waals surface area contributed by atoms with E-state index in [2.05, 4.69) is 9.97 Å². The smallest absolute Gasteiger partial charge is 0.280 e. The lowest BCUT2D eigenvalue weighted by Gasteiger charge is -2.13. The zero-order valence-electron chi connectivity index (χ0n) is 13.7. The number of aromatic nitrogens is 2. The summed E-state index contributed by atoms with van der Waals surface area (Å²) in [5.74, 6) is 1.37. The van der Waals surface area contributed by atoms with Crippen LogP contribution in [0.25, 0.3) is 11.1 Å². The number of aryl methyl sites for hydroxylation is 1. The highest BCUT2D eigenvalue weighted by molar-refractivity contribution is 5.74. The Bertz CT molecular complexity index is 885. The summed E-state index contributed by atoms with van der Waals surface area (Å²) < 4.78 is 36.8. The van der Waals surface area contributed by atoms with Gasteiger partial charge < -0.3 is 9.47 Å². The molecule has 3 rings (SSSR count). The molecule has 1 aromatic carbocycles. The van der Waals surface area contributed by atoms with Gasteiger partial charge in [0.05, 0.1) is 13.3 Å². The Kier molecular flexibility index (Phi) is 4.88. The minimum Gasteiger partial charge on any atom is -0.496 e. The van der Waals surface area contributed by atoms with E-state index in [1.54, 1.807) is 26.3 Å². The number of alkyl halides is 2. The molecule has 0 atom stereocenters.